The van der Waals surface area contributed by atoms with Gasteiger partial charge in [-0.15, -0.1) is 0 Å². The Morgan fingerprint density at radius 3 is 2.68 bits per heavy atom. The lowest BCUT2D eigenvalue weighted by Gasteiger charge is -2.18. The molecule has 0 spiro atoms. The molecule has 19 heavy (non-hydrogen) atoms. The Morgan fingerprint density at radius 1 is 1.21 bits per heavy atom. The smallest absolute Gasteiger partial charge is 0.138 e. The van der Waals surface area contributed by atoms with Gasteiger partial charge in [0.2, 0.25) is 0 Å². The molecule has 0 saturated carbocycles. The Kier molecular flexibility index (Phi) is 4.56. The van der Waals surface area contributed by atoms with Crippen LogP contribution in [-0.4, -0.2) is 6.54 Å². The van der Waals surface area contributed by atoms with E-state index < -0.39 is 0 Å². The summed E-state index contributed by atoms with van der Waals surface area (Å²) in [6, 6.07) is 17.1. The Bertz CT molecular complexity index is 607. The van der Waals surface area contributed by atoms with E-state index in [2.05, 4.69) is 22.0 Å². The molecule has 3 nitrogen and oxygen atoms in total. The van der Waals surface area contributed by atoms with E-state index in [0.29, 0.717) is 17.9 Å². The molecule has 0 fully saturated rings. The van der Waals surface area contributed by atoms with Crippen molar-refractivity contribution in [1.82, 2.24) is 0 Å². The van der Waals surface area contributed by atoms with Crippen LogP contribution in [-0.2, 0) is 0 Å². The zero-order valence-corrected chi connectivity index (χ0v) is 11.8. The lowest BCUT2D eigenvalue weighted by atomic mass is 10.1. The van der Waals surface area contributed by atoms with Crippen LogP contribution in [0.1, 0.15) is 17.2 Å². The van der Waals surface area contributed by atoms with Gasteiger partial charge >= 0.3 is 0 Å². The highest BCUT2D eigenvalue weighted by molar-refractivity contribution is 9.10. The lowest BCUT2D eigenvalue weighted by molar-refractivity contribution is 0.213. The van der Waals surface area contributed by atoms with E-state index in [1.807, 2.05) is 36.4 Å². The van der Waals surface area contributed by atoms with Crippen LogP contribution >= 0.6 is 15.9 Å². The van der Waals surface area contributed by atoms with Crippen molar-refractivity contribution in [2.24, 2.45) is 5.73 Å². The fraction of sp³-hybridized carbons (Fsp3) is 0.133. The van der Waals surface area contributed by atoms with Crippen LogP contribution in [0.15, 0.2) is 53.0 Å². The Hall–Kier alpha value is -1.83. The van der Waals surface area contributed by atoms with Crippen molar-refractivity contribution >= 4 is 15.9 Å². The number of rotatable bonds is 4. The van der Waals surface area contributed by atoms with E-state index >= 15 is 0 Å². The van der Waals surface area contributed by atoms with Gasteiger partial charge in [0.1, 0.15) is 17.9 Å². The molecule has 0 aliphatic rings. The molecule has 2 rings (SSSR count). The quantitative estimate of drug-likeness (QED) is 0.940. The number of benzene rings is 2. The van der Waals surface area contributed by atoms with Crippen LogP contribution in [0.3, 0.4) is 0 Å². The topological polar surface area (TPSA) is 59.0 Å². The summed E-state index contributed by atoms with van der Waals surface area (Å²) in [7, 11) is 0. The van der Waals surface area contributed by atoms with Crippen LogP contribution in [0.5, 0.6) is 5.75 Å². The molecule has 2 aromatic carbocycles. The second kappa shape index (κ2) is 6.37. The molecule has 2 aromatic rings. The number of hydrogen-bond donors (Lipinski definition) is 1. The highest BCUT2D eigenvalue weighted by Gasteiger charge is 2.13. The van der Waals surface area contributed by atoms with Crippen molar-refractivity contribution in [3.8, 4) is 11.8 Å². The van der Waals surface area contributed by atoms with Crippen molar-refractivity contribution in [2.45, 2.75) is 6.10 Å². The van der Waals surface area contributed by atoms with E-state index in [1.165, 1.54) is 0 Å². The molecule has 2 N–H and O–H groups in total. The van der Waals surface area contributed by atoms with Gasteiger partial charge in [0, 0.05) is 11.0 Å². The van der Waals surface area contributed by atoms with E-state index in [4.69, 9.17) is 15.7 Å². The molecule has 0 aliphatic heterocycles. The predicted molar refractivity (Wildman–Crippen MR) is 77.7 cm³/mol. The number of hydrogen-bond acceptors (Lipinski definition) is 3. The van der Waals surface area contributed by atoms with Gasteiger partial charge in [-0.05, 0) is 29.8 Å². The summed E-state index contributed by atoms with van der Waals surface area (Å²) in [5, 5.41) is 9.05. The van der Waals surface area contributed by atoms with Gasteiger partial charge in [-0.25, -0.2) is 0 Å². The average molecular weight is 317 g/mol. The van der Waals surface area contributed by atoms with E-state index in [9.17, 15) is 0 Å². The zero-order valence-electron chi connectivity index (χ0n) is 10.2. The Balaban J connectivity index is 2.27. The molecule has 1 unspecified atom stereocenters. The summed E-state index contributed by atoms with van der Waals surface area (Å²) >= 11 is 3.42. The molecule has 0 aliphatic carbocycles. The first-order chi connectivity index (χ1) is 9.24. The second-order valence-corrected chi connectivity index (χ2v) is 4.92. The van der Waals surface area contributed by atoms with Crippen LogP contribution in [0.4, 0.5) is 0 Å². The van der Waals surface area contributed by atoms with Crippen LogP contribution < -0.4 is 10.5 Å². The highest BCUT2D eigenvalue weighted by Crippen LogP contribution is 2.25. The third kappa shape index (κ3) is 3.34. The number of para-hydroxylation sites is 1. The fourth-order valence-electron chi connectivity index (χ4n) is 1.77. The molecule has 4 heteroatoms. The summed E-state index contributed by atoms with van der Waals surface area (Å²) in [6.07, 6.45) is -0.271. The van der Waals surface area contributed by atoms with Gasteiger partial charge in [0.15, 0.2) is 0 Å². The highest BCUT2D eigenvalue weighted by atomic mass is 79.9. The zero-order chi connectivity index (χ0) is 13.7. The van der Waals surface area contributed by atoms with Crippen molar-refractivity contribution < 1.29 is 4.74 Å². The monoisotopic (exact) mass is 316 g/mol. The van der Waals surface area contributed by atoms with Gasteiger partial charge in [0.25, 0.3) is 0 Å². The van der Waals surface area contributed by atoms with Crippen LogP contribution in [0, 0.1) is 11.3 Å². The average Bonchev–Trinajstić information content (AvgIpc) is 2.45. The minimum absolute atomic E-state index is 0.271. The van der Waals surface area contributed by atoms with Crippen molar-refractivity contribution in [1.29, 1.82) is 5.26 Å². The van der Waals surface area contributed by atoms with Gasteiger partial charge in [-0.2, -0.15) is 5.26 Å². The fourth-order valence-corrected chi connectivity index (χ4v) is 2.19. The molecule has 0 aromatic heterocycles. The van der Waals surface area contributed by atoms with Crippen LogP contribution in [0.2, 0.25) is 0 Å². The summed E-state index contributed by atoms with van der Waals surface area (Å²) < 4.78 is 6.83. The third-order valence-electron chi connectivity index (χ3n) is 2.71. The summed E-state index contributed by atoms with van der Waals surface area (Å²) in [6.45, 7) is 0.343. The number of nitrogens with two attached hydrogens (primary N) is 1. The predicted octanol–water partition coefficient (Wildman–Crippen LogP) is 3.40. The normalized spacial score (nSPS) is 11.6. The maximum atomic E-state index is 9.05. The maximum absolute atomic E-state index is 9.05. The minimum atomic E-state index is -0.271. The number of nitriles is 1. The number of nitrogens with zero attached hydrogens (tertiary/aromatic N) is 1. The van der Waals surface area contributed by atoms with Gasteiger partial charge in [-0.1, -0.05) is 40.2 Å². The molecule has 0 saturated heterocycles. The summed E-state index contributed by atoms with van der Waals surface area (Å²) in [5.41, 5.74) is 7.26. The SMILES string of the molecule is N#Cc1ccccc1OC(CN)c1cccc(Br)c1. The molecule has 0 amide bonds. The maximum Gasteiger partial charge on any atom is 0.138 e. The van der Waals surface area contributed by atoms with E-state index in [-0.39, 0.29) is 6.10 Å². The van der Waals surface area contributed by atoms with Gasteiger partial charge < -0.3 is 10.5 Å². The largest absolute Gasteiger partial charge is 0.483 e. The number of ether oxygens (including phenoxy) is 1. The van der Waals surface area contributed by atoms with Gasteiger partial charge in [0.05, 0.1) is 5.56 Å². The lowest BCUT2D eigenvalue weighted by Crippen LogP contribution is -2.18. The molecular weight excluding hydrogens is 304 g/mol. The molecule has 96 valence electrons. The van der Waals surface area contributed by atoms with Crippen molar-refractivity contribution in [3.63, 3.8) is 0 Å². The van der Waals surface area contributed by atoms with E-state index in [1.54, 1.807) is 12.1 Å². The third-order valence-corrected chi connectivity index (χ3v) is 3.20. The number of halogens is 1. The molecular formula is C15H13BrN2O. The summed E-state index contributed by atoms with van der Waals surface area (Å²) in [4.78, 5) is 0. The molecule has 0 heterocycles. The standard InChI is InChI=1S/C15H13BrN2O/c16-13-6-3-5-11(8-13)15(10-18)19-14-7-2-1-4-12(14)9-17/h1-8,15H,10,18H2. The molecule has 0 radical (unpaired) electrons. The molecule has 0 bridgehead atoms. The van der Waals surface area contributed by atoms with E-state index in [0.717, 1.165) is 10.0 Å². The second-order valence-electron chi connectivity index (χ2n) is 4.01. The first-order valence-electron chi connectivity index (χ1n) is 5.86. The van der Waals surface area contributed by atoms with Crippen molar-refractivity contribution in [2.75, 3.05) is 6.54 Å². The Morgan fingerprint density at radius 2 is 2.00 bits per heavy atom. The van der Waals surface area contributed by atoms with Crippen molar-refractivity contribution in [3.05, 3.63) is 64.1 Å². The molecule has 1 atom stereocenters. The minimum Gasteiger partial charge on any atom is -0.483 e. The van der Waals surface area contributed by atoms with Crippen LogP contribution in [0.25, 0.3) is 0 Å². The Labute approximate surface area is 120 Å². The summed E-state index contributed by atoms with van der Waals surface area (Å²) in [5.74, 6) is 0.556. The first-order valence-corrected chi connectivity index (χ1v) is 6.65. The first kappa shape index (κ1) is 13.6. The van der Waals surface area contributed by atoms with Gasteiger partial charge in [-0.3, -0.25) is 0 Å².